The third-order valence-electron chi connectivity index (χ3n) is 7.53. The van der Waals surface area contributed by atoms with Crippen LogP contribution in [0, 0.1) is 29.1 Å². The Balaban J connectivity index is 1.73. The van der Waals surface area contributed by atoms with E-state index in [1.807, 2.05) is 6.92 Å². The van der Waals surface area contributed by atoms with Crippen LogP contribution in [0.1, 0.15) is 75.5 Å². The molecule has 2 fully saturated rings. The van der Waals surface area contributed by atoms with Gasteiger partial charge in [0.2, 0.25) is 6.41 Å². The molecular formula is C24H29NO. The molecule has 0 aliphatic heterocycles. The number of carbonyl (C=O) groups is 1. The topological polar surface area (TPSA) is 29.1 Å². The lowest BCUT2D eigenvalue weighted by Gasteiger charge is -2.49. The lowest BCUT2D eigenvalue weighted by molar-refractivity contribution is -0.105. The van der Waals surface area contributed by atoms with Gasteiger partial charge in [-0.15, -0.1) is 5.92 Å². The van der Waals surface area contributed by atoms with Crippen molar-refractivity contribution in [2.24, 2.45) is 17.3 Å². The third kappa shape index (κ3) is 2.52. The molecule has 3 aliphatic rings. The lowest BCUT2D eigenvalue weighted by Crippen LogP contribution is -2.40. The molecule has 2 saturated carbocycles. The summed E-state index contributed by atoms with van der Waals surface area (Å²) in [5.41, 5.74) is 6.89. The molecule has 0 radical (unpaired) electrons. The molecule has 0 saturated heterocycles. The second kappa shape index (κ2) is 6.62. The van der Waals surface area contributed by atoms with Gasteiger partial charge < -0.3 is 5.32 Å². The molecule has 4 atom stereocenters. The molecule has 4 rings (SSSR count). The van der Waals surface area contributed by atoms with Gasteiger partial charge in [0.15, 0.2) is 0 Å². The van der Waals surface area contributed by atoms with Crippen LogP contribution in [0.25, 0.3) is 0 Å². The van der Waals surface area contributed by atoms with Crippen molar-refractivity contribution in [3.63, 3.8) is 0 Å². The molecule has 3 aliphatic carbocycles. The Morgan fingerprint density at radius 1 is 1.23 bits per heavy atom. The Morgan fingerprint density at radius 2 is 2.08 bits per heavy atom. The first-order valence-electron chi connectivity index (χ1n) is 10.1. The normalized spacial score (nSPS) is 33.5. The number of amides is 1. The second-order valence-corrected chi connectivity index (χ2v) is 8.46. The zero-order chi connectivity index (χ0) is 18.3. The monoisotopic (exact) mass is 347 g/mol. The van der Waals surface area contributed by atoms with Crippen molar-refractivity contribution in [1.29, 1.82) is 0 Å². The third-order valence-corrected chi connectivity index (χ3v) is 7.53. The van der Waals surface area contributed by atoms with Gasteiger partial charge in [-0.3, -0.25) is 4.79 Å². The fraction of sp³-hybridized carbons (Fsp3) is 0.542. The van der Waals surface area contributed by atoms with Crippen LogP contribution in [0.2, 0.25) is 0 Å². The molecule has 0 bridgehead atoms. The van der Waals surface area contributed by atoms with Crippen molar-refractivity contribution in [1.82, 2.24) is 0 Å². The summed E-state index contributed by atoms with van der Waals surface area (Å²) in [4.78, 5) is 11.0. The van der Waals surface area contributed by atoms with Gasteiger partial charge in [-0.05, 0) is 98.8 Å². The maximum absolute atomic E-state index is 11.0. The number of aryl methyl sites for hydroxylation is 1. The van der Waals surface area contributed by atoms with E-state index in [-0.39, 0.29) is 0 Å². The summed E-state index contributed by atoms with van der Waals surface area (Å²) in [5.74, 6) is 8.49. The number of anilines is 1. The molecule has 1 amide bonds. The standard InChI is InChI=1S/C24H29NO/c1-4-6-17-13-21-16(14-23(17)25-15-26)7-9-20-19(21)11-12-24(3)18(5-2)8-10-22(20)24/h5,13-15,19-20,22H,7-12H2,1-3H3,(H,25,26)/t19?,20?,22?,24-/m1/s1. The summed E-state index contributed by atoms with van der Waals surface area (Å²) in [6, 6.07) is 4.46. The summed E-state index contributed by atoms with van der Waals surface area (Å²) in [6.07, 6.45) is 10.8. The summed E-state index contributed by atoms with van der Waals surface area (Å²) < 4.78 is 0. The fourth-order valence-electron chi connectivity index (χ4n) is 6.36. The summed E-state index contributed by atoms with van der Waals surface area (Å²) in [5, 5.41) is 2.85. The molecule has 2 nitrogen and oxygen atoms in total. The Hall–Kier alpha value is -2.01. The van der Waals surface area contributed by atoms with E-state index in [1.54, 1.807) is 5.57 Å². The smallest absolute Gasteiger partial charge is 0.211 e. The van der Waals surface area contributed by atoms with Crippen molar-refractivity contribution in [3.8, 4) is 11.8 Å². The van der Waals surface area contributed by atoms with Crippen LogP contribution in [0.4, 0.5) is 5.69 Å². The van der Waals surface area contributed by atoms with Crippen molar-refractivity contribution < 1.29 is 4.79 Å². The highest BCUT2D eigenvalue weighted by Gasteiger charge is 2.52. The fourth-order valence-corrected chi connectivity index (χ4v) is 6.36. The van der Waals surface area contributed by atoms with Crippen molar-refractivity contribution in [3.05, 3.63) is 40.5 Å². The van der Waals surface area contributed by atoms with Crippen LogP contribution in [0.5, 0.6) is 0 Å². The highest BCUT2D eigenvalue weighted by molar-refractivity contribution is 5.77. The average Bonchev–Trinajstić information content (AvgIpc) is 2.99. The number of fused-ring (bicyclic) bond motifs is 5. The van der Waals surface area contributed by atoms with Crippen LogP contribution in [-0.4, -0.2) is 6.41 Å². The van der Waals surface area contributed by atoms with Crippen molar-refractivity contribution in [2.45, 2.75) is 65.2 Å². The number of rotatable bonds is 2. The van der Waals surface area contributed by atoms with Gasteiger partial charge in [-0.25, -0.2) is 0 Å². The zero-order valence-corrected chi connectivity index (χ0v) is 16.2. The van der Waals surface area contributed by atoms with Crippen LogP contribution in [0.3, 0.4) is 0 Å². The summed E-state index contributed by atoms with van der Waals surface area (Å²) in [6.45, 7) is 6.61. The molecule has 3 unspecified atom stereocenters. The maximum atomic E-state index is 11.0. The minimum atomic E-state index is 0.429. The molecule has 1 aromatic carbocycles. The van der Waals surface area contributed by atoms with E-state index in [2.05, 4.69) is 49.2 Å². The summed E-state index contributed by atoms with van der Waals surface area (Å²) >= 11 is 0. The first-order chi connectivity index (χ1) is 12.6. The highest BCUT2D eigenvalue weighted by atomic mass is 16.1. The van der Waals surface area contributed by atoms with E-state index in [9.17, 15) is 4.79 Å². The molecule has 1 aromatic rings. The predicted octanol–water partition coefficient (Wildman–Crippen LogP) is 5.43. The Bertz CT molecular complexity index is 825. The van der Waals surface area contributed by atoms with E-state index in [0.717, 1.165) is 35.9 Å². The largest absolute Gasteiger partial charge is 0.328 e. The minimum absolute atomic E-state index is 0.429. The van der Waals surface area contributed by atoms with E-state index < -0.39 is 0 Å². The molecule has 0 heterocycles. The van der Waals surface area contributed by atoms with E-state index in [4.69, 9.17) is 0 Å². The Kier molecular flexibility index (Phi) is 4.43. The van der Waals surface area contributed by atoms with Gasteiger partial charge in [0.1, 0.15) is 0 Å². The molecule has 1 N–H and O–H groups in total. The number of carbonyl (C=O) groups excluding carboxylic acids is 1. The van der Waals surface area contributed by atoms with Crippen LogP contribution in [0.15, 0.2) is 23.8 Å². The molecular weight excluding hydrogens is 318 g/mol. The molecule has 0 aromatic heterocycles. The van der Waals surface area contributed by atoms with E-state index >= 15 is 0 Å². The maximum Gasteiger partial charge on any atom is 0.211 e. The molecule has 26 heavy (non-hydrogen) atoms. The van der Waals surface area contributed by atoms with Crippen molar-refractivity contribution in [2.75, 3.05) is 5.32 Å². The van der Waals surface area contributed by atoms with Gasteiger partial charge in [-0.2, -0.15) is 0 Å². The number of hydrogen-bond acceptors (Lipinski definition) is 1. The van der Waals surface area contributed by atoms with E-state index in [1.165, 1.54) is 43.2 Å². The SMILES string of the molecule is CC#Cc1cc2c(cc1NC=O)CCC1C2CC[C@]2(C)C(=CC)CCC12. The Labute approximate surface area is 157 Å². The van der Waals surface area contributed by atoms with Crippen LogP contribution in [-0.2, 0) is 11.2 Å². The van der Waals surface area contributed by atoms with Crippen molar-refractivity contribution >= 4 is 12.1 Å². The van der Waals surface area contributed by atoms with Gasteiger partial charge in [0, 0.05) is 5.56 Å². The molecule has 2 heteroatoms. The first-order valence-corrected chi connectivity index (χ1v) is 10.1. The molecule has 0 spiro atoms. The zero-order valence-electron chi connectivity index (χ0n) is 16.2. The highest BCUT2D eigenvalue weighted by Crippen LogP contribution is 2.62. The predicted molar refractivity (Wildman–Crippen MR) is 107 cm³/mol. The minimum Gasteiger partial charge on any atom is -0.328 e. The average molecular weight is 348 g/mol. The van der Waals surface area contributed by atoms with E-state index in [0.29, 0.717) is 11.3 Å². The quantitative estimate of drug-likeness (QED) is 0.431. The summed E-state index contributed by atoms with van der Waals surface area (Å²) in [7, 11) is 0. The van der Waals surface area contributed by atoms with Gasteiger partial charge >= 0.3 is 0 Å². The van der Waals surface area contributed by atoms with Gasteiger partial charge in [-0.1, -0.05) is 24.5 Å². The first kappa shape index (κ1) is 17.4. The Morgan fingerprint density at radius 3 is 2.81 bits per heavy atom. The number of allylic oxidation sites excluding steroid dienone is 2. The van der Waals surface area contributed by atoms with Gasteiger partial charge in [0.05, 0.1) is 5.69 Å². The second-order valence-electron chi connectivity index (χ2n) is 8.46. The number of benzene rings is 1. The number of hydrogen-bond donors (Lipinski definition) is 1. The number of nitrogens with one attached hydrogen (secondary N) is 1. The molecule has 136 valence electrons. The van der Waals surface area contributed by atoms with Crippen LogP contribution >= 0.6 is 0 Å². The lowest BCUT2D eigenvalue weighted by atomic mass is 9.55. The van der Waals surface area contributed by atoms with Crippen LogP contribution < -0.4 is 5.32 Å². The van der Waals surface area contributed by atoms with Gasteiger partial charge in [0.25, 0.3) is 0 Å².